The van der Waals surface area contributed by atoms with Crippen molar-refractivity contribution in [2.24, 2.45) is 5.73 Å². The number of benzene rings is 1. The third kappa shape index (κ3) is 7.06. The van der Waals surface area contributed by atoms with E-state index in [0.717, 1.165) is 0 Å². The number of nitrogens with one attached hydrogen (secondary N) is 3. The Balaban J connectivity index is 1.72. The lowest BCUT2D eigenvalue weighted by Gasteiger charge is -2.34. The van der Waals surface area contributed by atoms with Gasteiger partial charge in [0.2, 0.25) is 10.0 Å². The quantitative estimate of drug-likeness (QED) is 0.448. The smallest absolute Gasteiger partial charge is 0.410 e. The fraction of sp³-hybridized carbons (Fsp3) is 0.435. The second kappa shape index (κ2) is 10.5. The van der Waals surface area contributed by atoms with Crippen molar-refractivity contribution in [1.29, 1.82) is 0 Å². The molecule has 5 N–H and O–H groups in total. The van der Waals surface area contributed by atoms with Crippen LogP contribution >= 0.6 is 0 Å². The Bertz CT molecular complexity index is 1190. The summed E-state index contributed by atoms with van der Waals surface area (Å²) in [6.45, 7) is 6.52. The second-order valence-electron chi connectivity index (χ2n) is 9.23. The Morgan fingerprint density at radius 3 is 2.46 bits per heavy atom. The molecule has 190 valence electrons. The van der Waals surface area contributed by atoms with Gasteiger partial charge in [-0.2, -0.15) is 0 Å². The Morgan fingerprint density at radius 2 is 1.86 bits per heavy atom. The third-order valence-electron chi connectivity index (χ3n) is 5.36. The molecule has 1 saturated heterocycles. The zero-order valence-electron chi connectivity index (χ0n) is 20.3. The van der Waals surface area contributed by atoms with Gasteiger partial charge in [-0.25, -0.2) is 22.9 Å². The summed E-state index contributed by atoms with van der Waals surface area (Å²) in [7, 11) is -2.26. The van der Waals surface area contributed by atoms with Gasteiger partial charge in [0.1, 0.15) is 11.4 Å². The molecule has 2 amide bonds. The number of carbonyl (C=O) groups excluding carboxylic acids is 2. The van der Waals surface area contributed by atoms with Crippen LogP contribution in [0.15, 0.2) is 41.4 Å². The number of sulfonamides is 1. The van der Waals surface area contributed by atoms with Crippen molar-refractivity contribution in [3.8, 4) is 0 Å². The lowest BCUT2D eigenvalue weighted by atomic mass is 10.0. The molecule has 1 aliphatic rings. The molecule has 1 aromatic heterocycles. The molecule has 35 heavy (non-hydrogen) atoms. The van der Waals surface area contributed by atoms with Crippen LogP contribution in [0.1, 0.15) is 44.0 Å². The predicted octanol–water partition coefficient (Wildman–Crippen LogP) is 2.64. The van der Waals surface area contributed by atoms with Gasteiger partial charge < -0.3 is 26.0 Å². The molecule has 1 aliphatic heterocycles. The fourth-order valence-corrected chi connectivity index (χ4v) is 4.37. The first-order valence-corrected chi connectivity index (χ1v) is 12.7. The molecule has 0 saturated carbocycles. The summed E-state index contributed by atoms with van der Waals surface area (Å²) in [6, 6.07) is 7.94. The van der Waals surface area contributed by atoms with E-state index in [4.69, 9.17) is 10.5 Å². The summed E-state index contributed by atoms with van der Waals surface area (Å²) in [5.41, 5.74) is 6.24. The summed E-state index contributed by atoms with van der Waals surface area (Å²) in [4.78, 5) is 30.3. The minimum Gasteiger partial charge on any atom is -0.444 e. The monoisotopic (exact) mass is 504 g/mol. The normalized spacial score (nSPS) is 14.9. The first kappa shape index (κ1) is 26.2. The number of primary amides is 1. The molecular formula is C23H32N6O5S. The van der Waals surface area contributed by atoms with Crippen LogP contribution in [0.3, 0.4) is 0 Å². The van der Waals surface area contributed by atoms with E-state index >= 15 is 0 Å². The van der Waals surface area contributed by atoms with Crippen molar-refractivity contribution < 1.29 is 22.7 Å². The second-order valence-corrected chi connectivity index (χ2v) is 11.1. The van der Waals surface area contributed by atoms with Crippen LogP contribution in [-0.4, -0.2) is 62.1 Å². The van der Waals surface area contributed by atoms with Crippen LogP contribution in [0, 0.1) is 0 Å². The molecule has 0 aliphatic carbocycles. The Morgan fingerprint density at radius 1 is 1.17 bits per heavy atom. The molecule has 0 unspecified atom stereocenters. The lowest BCUT2D eigenvalue weighted by Crippen LogP contribution is -2.44. The maximum atomic E-state index is 12.3. The molecule has 1 fully saturated rings. The highest BCUT2D eigenvalue weighted by Crippen LogP contribution is 2.26. The molecular weight excluding hydrogens is 472 g/mol. The van der Waals surface area contributed by atoms with E-state index in [0.29, 0.717) is 43.1 Å². The zero-order chi connectivity index (χ0) is 25.8. The molecule has 2 heterocycles. The SMILES string of the molecule is CNS(=O)(=O)c1cccc(Nc2cc(NC3CCN(C(=O)OC(C)(C)C)CC3)c(C(N)=O)cn2)c1. The lowest BCUT2D eigenvalue weighted by molar-refractivity contribution is 0.0210. The number of rotatable bonds is 7. The predicted molar refractivity (Wildman–Crippen MR) is 133 cm³/mol. The largest absolute Gasteiger partial charge is 0.444 e. The summed E-state index contributed by atoms with van der Waals surface area (Å²) in [5.74, 6) is -0.220. The Kier molecular flexibility index (Phi) is 7.86. The number of ether oxygens (including phenoxy) is 1. The summed E-state index contributed by atoms with van der Waals surface area (Å²) in [5, 5.41) is 6.41. The van der Waals surface area contributed by atoms with Gasteiger partial charge in [-0.3, -0.25) is 4.79 Å². The summed E-state index contributed by atoms with van der Waals surface area (Å²) in [6.07, 6.45) is 2.35. The van der Waals surface area contributed by atoms with Gasteiger partial charge in [-0.05, 0) is 58.9 Å². The van der Waals surface area contributed by atoms with Crippen LogP contribution in [0.25, 0.3) is 0 Å². The molecule has 0 atom stereocenters. The highest BCUT2D eigenvalue weighted by atomic mass is 32.2. The van der Waals surface area contributed by atoms with E-state index < -0.39 is 21.5 Å². The van der Waals surface area contributed by atoms with E-state index in [1.807, 2.05) is 20.8 Å². The van der Waals surface area contributed by atoms with Gasteiger partial charge in [0, 0.05) is 37.1 Å². The van der Waals surface area contributed by atoms with E-state index in [-0.39, 0.29) is 22.6 Å². The number of nitrogens with zero attached hydrogens (tertiary/aromatic N) is 2. The van der Waals surface area contributed by atoms with Crippen LogP contribution in [-0.2, 0) is 14.8 Å². The van der Waals surface area contributed by atoms with Gasteiger partial charge in [-0.15, -0.1) is 0 Å². The number of piperidine rings is 1. The molecule has 12 heteroatoms. The molecule has 0 radical (unpaired) electrons. The van der Waals surface area contributed by atoms with E-state index in [2.05, 4.69) is 20.3 Å². The van der Waals surface area contributed by atoms with E-state index in [9.17, 15) is 18.0 Å². The van der Waals surface area contributed by atoms with Gasteiger partial charge in [-0.1, -0.05) is 6.07 Å². The van der Waals surface area contributed by atoms with Crippen LogP contribution in [0.2, 0.25) is 0 Å². The molecule has 2 aromatic rings. The Labute approximate surface area is 205 Å². The molecule has 11 nitrogen and oxygen atoms in total. The minimum atomic E-state index is -3.60. The highest BCUT2D eigenvalue weighted by molar-refractivity contribution is 7.89. The van der Waals surface area contributed by atoms with Crippen LogP contribution in [0.4, 0.5) is 22.0 Å². The topological polar surface area (TPSA) is 156 Å². The molecule has 0 spiro atoms. The van der Waals surface area contributed by atoms with Crippen LogP contribution in [0.5, 0.6) is 0 Å². The van der Waals surface area contributed by atoms with Crippen molar-refractivity contribution in [3.63, 3.8) is 0 Å². The number of hydrogen-bond donors (Lipinski definition) is 4. The molecule has 3 rings (SSSR count). The number of carbonyl (C=O) groups is 2. The minimum absolute atomic E-state index is 0.00568. The number of nitrogens with two attached hydrogens (primary N) is 1. The number of amides is 2. The Hall–Kier alpha value is -3.38. The van der Waals surface area contributed by atoms with Crippen molar-refractivity contribution >= 4 is 39.2 Å². The number of pyridine rings is 1. The first-order valence-electron chi connectivity index (χ1n) is 11.2. The number of aromatic nitrogens is 1. The van der Waals surface area contributed by atoms with Crippen LogP contribution < -0.4 is 21.1 Å². The third-order valence-corrected chi connectivity index (χ3v) is 6.77. The number of likely N-dealkylation sites (tertiary alicyclic amines) is 1. The van der Waals surface area contributed by atoms with Gasteiger partial charge in [0.15, 0.2) is 0 Å². The van der Waals surface area contributed by atoms with Gasteiger partial charge in [0.05, 0.1) is 16.1 Å². The maximum absolute atomic E-state index is 12.3. The van der Waals surface area contributed by atoms with Crippen molar-refractivity contribution in [2.45, 2.75) is 50.2 Å². The average molecular weight is 505 g/mol. The average Bonchev–Trinajstić information content (AvgIpc) is 2.78. The number of hydrogen-bond acceptors (Lipinski definition) is 8. The van der Waals surface area contributed by atoms with Gasteiger partial charge >= 0.3 is 6.09 Å². The fourth-order valence-electron chi connectivity index (χ4n) is 3.60. The van der Waals surface area contributed by atoms with Crippen molar-refractivity contribution in [1.82, 2.24) is 14.6 Å². The zero-order valence-corrected chi connectivity index (χ0v) is 21.1. The van der Waals surface area contributed by atoms with E-state index in [1.54, 1.807) is 23.1 Å². The summed E-state index contributed by atoms with van der Waals surface area (Å²) >= 11 is 0. The standard InChI is InChI=1S/C23H32N6O5S/c1-23(2,3)34-22(31)29-10-8-15(9-11-29)27-19-13-20(26-14-18(19)21(24)30)28-16-6-5-7-17(12-16)35(32,33)25-4/h5-7,12-15,25H,8-11H2,1-4H3,(H2,24,30)(H2,26,27,28). The first-order chi connectivity index (χ1) is 16.4. The molecule has 1 aromatic carbocycles. The maximum Gasteiger partial charge on any atom is 0.410 e. The van der Waals surface area contributed by atoms with Gasteiger partial charge in [0.25, 0.3) is 5.91 Å². The van der Waals surface area contributed by atoms with Crippen molar-refractivity contribution in [3.05, 3.63) is 42.1 Å². The van der Waals surface area contributed by atoms with E-state index in [1.165, 1.54) is 25.4 Å². The molecule has 0 bridgehead atoms. The highest BCUT2D eigenvalue weighted by Gasteiger charge is 2.27. The van der Waals surface area contributed by atoms with Crippen molar-refractivity contribution in [2.75, 3.05) is 30.8 Å². The summed E-state index contributed by atoms with van der Waals surface area (Å²) < 4.78 is 31.9. The number of anilines is 3.